The van der Waals surface area contributed by atoms with Crippen molar-refractivity contribution in [3.8, 4) is 0 Å². The van der Waals surface area contributed by atoms with Crippen LogP contribution in [0.1, 0.15) is 49.9 Å². The van der Waals surface area contributed by atoms with Gasteiger partial charge in [0.1, 0.15) is 6.54 Å². The van der Waals surface area contributed by atoms with Crippen molar-refractivity contribution in [3.63, 3.8) is 0 Å². The summed E-state index contributed by atoms with van der Waals surface area (Å²) in [6.07, 6.45) is 4.08. The highest BCUT2D eigenvalue weighted by molar-refractivity contribution is 5.97. The van der Waals surface area contributed by atoms with Crippen LogP contribution in [0.25, 0.3) is 0 Å². The van der Waals surface area contributed by atoms with Crippen LogP contribution in [0.15, 0.2) is 35.5 Å². The van der Waals surface area contributed by atoms with E-state index in [4.69, 9.17) is 0 Å². The number of hydrogen-bond acceptors (Lipinski definition) is 3. The van der Waals surface area contributed by atoms with E-state index in [1.54, 1.807) is 0 Å². The minimum Gasteiger partial charge on any atom is -0.357 e. The van der Waals surface area contributed by atoms with Crippen LogP contribution in [0.4, 0.5) is 5.69 Å². The average Bonchev–Trinajstić information content (AvgIpc) is 3.10. The second-order valence-corrected chi connectivity index (χ2v) is 8.17. The van der Waals surface area contributed by atoms with E-state index >= 15 is 0 Å². The molecule has 1 aromatic heterocycles. The van der Waals surface area contributed by atoms with Gasteiger partial charge in [-0.3, -0.25) is 9.48 Å². The molecule has 0 aliphatic carbocycles. The van der Waals surface area contributed by atoms with Gasteiger partial charge in [0.15, 0.2) is 5.96 Å². The van der Waals surface area contributed by atoms with E-state index in [0.717, 1.165) is 43.3 Å². The summed E-state index contributed by atoms with van der Waals surface area (Å²) in [7, 11) is 3.95. The highest BCUT2D eigenvalue weighted by atomic mass is 16.2. The second kappa shape index (κ2) is 9.78. The minimum absolute atomic E-state index is 0.0372. The van der Waals surface area contributed by atoms with Gasteiger partial charge in [0, 0.05) is 51.2 Å². The molecule has 1 aromatic carbocycles. The third kappa shape index (κ3) is 5.01. The number of aliphatic imine (C=N–C) groups is 1. The van der Waals surface area contributed by atoms with Gasteiger partial charge in [-0.1, -0.05) is 32.0 Å². The molecule has 2 aromatic rings. The Balaban J connectivity index is 1.72. The van der Waals surface area contributed by atoms with Gasteiger partial charge in [0.05, 0.1) is 5.69 Å². The van der Waals surface area contributed by atoms with Crippen LogP contribution >= 0.6 is 0 Å². The van der Waals surface area contributed by atoms with Gasteiger partial charge in [-0.15, -0.1) is 0 Å². The van der Waals surface area contributed by atoms with Gasteiger partial charge in [-0.2, -0.15) is 5.10 Å². The molecule has 162 valence electrons. The maximum Gasteiger partial charge on any atom is 0.248 e. The smallest absolute Gasteiger partial charge is 0.248 e. The first-order valence-corrected chi connectivity index (χ1v) is 10.8. The second-order valence-electron chi connectivity index (χ2n) is 8.17. The first kappa shape index (κ1) is 21.9. The lowest BCUT2D eigenvalue weighted by molar-refractivity contribution is -0.117. The number of guanidine groups is 1. The SMILES string of the molecule is CCNC(=NCC(=O)N1CCCc2ccccc21)N(C)Cc1cn(C)nc1C(C)C. The monoisotopic (exact) mass is 410 g/mol. The number of carbonyl (C=O) groups excluding carboxylic acids is 1. The average molecular weight is 411 g/mol. The zero-order valence-corrected chi connectivity index (χ0v) is 18.9. The molecule has 0 saturated heterocycles. The Morgan fingerprint density at radius 1 is 1.33 bits per heavy atom. The van der Waals surface area contributed by atoms with E-state index in [1.807, 2.05) is 48.8 Å². The molecule has 0 spiro atoms. The molecule has 0 saturated carbocycles. The van der Waals surface area contributed by atoms with Crippen LogP contribution < -0.4 is 10.2 Å². The third-order valence-electron chi connectivity index (χ3n) is 5.36. The summed E-state index contributed by atoms with van der Waals surface area (Å²) in [6.45, 7) is 8.66. The Kier molecular flexibility index (Phi) is 7.13. The predicted molar refractivity (Wildman–Crippen MR) is 122 cm³/mol. The number of aromatic nitrogens is 2. The molecule has 2 heterocycles. The van der Waals surface area contributed by atoms with Crippen molar-refractivity contribution in [2.75, 3.05) is 31.6 Å². The summed E-state index contributed by atoms with van der Waals surface area (Å²) in [5.74, 6) is 1.12. The number of nitrogens with one attached hydrogen (secondary N) is 1. The molecule has 0 radical (unpaired) electrons. The van der Waals surface area contributed by atoms with E-state index in [1.165, 1.54) is 11.1 Å². The summed E-state index contributed by atoms with van der Waals surface area (Å²) in [6, 6.07) is 8.16. The molecule has 0 bridgehead atoms. The Labute approximate surface area is 179 Å². The summed E-state index contributed by atoms with van der Waals surface area (Å²) in [5.41, 5.74) is 4.54. The molecule has 1 N–H and O–H groups in total. The number of rotatable bonds is 6. The maximum absolute atomic E-state index is 13.0. The van der Waals surface area contributed by atoms with Crippen LogP contribution in [0, 0.1) is 0 Å². The number of nitrogens with zero attached hydrogens (tertiary/aromatic N) is 5. The molecular formula is C23H34N6O. The molecule has 0 unspecified atom stereocenters. The van der Waals surface area contributed by atoms with E-state index in [0.29, 0.717) is 12.5 Å². The van der Waals surface area contributed by atoms with Crippen molar-refractivity contribution in [3.05, 3.63) is 47.3 Å². The van der Waals surface area contributed by atoms with E-state index in [2.05, 4.69) is 46.4 Å². The third-order valence-corrected chi connectivity index (χ3v) is 5.36. The fourth-order valence-corrected chi connectivity index (χ4v) is 3.98. The van der Waals surface area contributed by atoms with Crippen LogP contribution in [0.3, 0.4) is 0 Å². The fourth-order valence-electron chi connectivity index (χ4n) is 3.98. The molecule has 7 nitrogen and oxygen atoms in total. The lowest BCUT2D eigenvalue weighted by atomic mass is 10.0. The fraction of sp³-hybridized carbons (Fsp3) is 0.522. The molecule has 1 amide bonds. The predicted octanol–water partition coefficient (Wildman–Crippen LogP) is 2.92. The number of hydrogen-bond donors (Lipinski definition) is 1. The van der Waals surface area contributed by atoms with Crippen LogP contribution in [0.5, 0.6) is 0 Å². The van der Waals surface area contributed by atoms with Gasteiger partial charge < -0.3 is 15.1 Å². The number of benzene rings is 1. The van der Waals surface area contributed by atoms with Crippen molar-refractivity contribution in [2.24, 2.45) is 12.0 Å². The number of carbonyl (C=O) groups is 1. The van der Waals surface area contributed by atoms with Crippen LogP contribution in [0.2, 0.25) is 0 Å². The summed E-state index contributed by atoms with van der Waals surface area (Å²) >= 11 is 0. The van der Waals surface area contributed by atoms with Crippen LogP contribution in [-0.2, 0) is 24.8 Å². The number of para-hydroxylation sites is 1. The summed E-state index contributed by atoms with van der Waals surface area (Å²) in [5, 5.41) is 7.91. The van der Waals surface area contributed by atoms with Gasteiger partial charge in [0.25, 0.3) is 0 Å². The van der Waals surface area contributed by atoms with Crippen molar-refractivity contribution < 1.29 is 4.79 Å². The van der Waals surface area contributed by atoms with Crippen LogP contribution in [-0.4, -0.2) is 53.2 Å². The standard InChI is InChI=1S/C23H34N6O/c1-6-24-23(27(4)15-19-16-28(5)26-22(19)17(2)3)25-14-21(30)29-13-9-11-18-10-7-8-12-20(18)29/h7-8,10,12,16-17H,6,9,11,13-15H2,1-5H3,(H,24,25). The Hall–Kier alpha value is -2.83. The summed E-state index contributed by atoms with van der Waals surface area (Å²) in [4.78, 5) is 21.5. The quantitative estimate of drug-likeness (QED) is 0.587. The topological polar surface area (TPSA) is 65.8 Å². The molecule has 1 aliphatic heterocycles. The first-order chi connectivity index (χ1) is 14.4. The maximum atomic E-state index is 13.0. The van der Waals surface area contributed by atoms with E-state index in [9.17, 15) is 4.79 Å². The summed E-state index contributed by atoms with van der Waals surface area (Å²) < 4.78 is 1.86. The lowest BCUT2D eigenvalue weighted by Crippen LogP contribution is -2.41. The Bertz CT molecular complexity index is 901. The molecule has 0 fully saturated rings. The van der Waals surface area contributed by atoms with E-state index < -0.39 is 0 Å². The highest BCUT2D eigenvalue weighted by Gasteiger charge is 2.22. The van der Waals surface area contributed by atoms with Crippen molar-refractivity contribution in [1.29, 1.82) is 0 Å². The van der Waals surface area contributed by atoms with Crippen molar-refractivity contribution >= 4 is 17.6 Å². The number of fused-ring (bicyclic) bond motifs is 1. The van der Waals surface area contributed by atoms with Gasteiger partial charge in [-0.25, -0.2) is 4.99 Å². The van der Waals surface area contributed by atoms with Crippen molar-refractivity contribution in [2.45, 2.75) is 46.1 Å². The number of anilines is 1. The van der Waals surface area contributed by atoms with Gasteiger partial charge in [0.2, 0.25) is 5.91 Å². The first-order valence-electron chi connectivity index (χ1n) is 10.8. The molecule has 7 heteroatoms. The highest BCUT2D eigenvalue weighted by Crippen LogP contribution is 2.26. The molecule has 3 rings (SSSR count). The number of amides is 1. The zero-order valence-electron chi connectivity index (χ0n) is 18.9. The van der Waals surface area contributed by atoms with E-state index in [-0.39, 0.29) is 12.5 Å². The Morgan fingerprint density at radius 2 is 2.10 bits per heavy atom. The van der Waals surface area contributed by atoms with Gasteiger partial charge in [-0.05, 0) is 37.3 Å². The normalized spacial score (nSPS) is 14.1. The lowest BCUT2D eigenvalue weighted by Gasteiger charge is -2.29. The van der Waals surface area contributed by atoms with Crippen molar-refractivity contribution in [1.82, 2.24) is 20.0 Å². The molecule has 0 atom stereocenters. The largest absolute Gasteiger partial charge is 0.357 e. The molecule has 1 aliphatic rings. The molecular weight excluding hydrogens is 376 g/mol. The number of aryl methyl sites for hydroxylation is 2. The van der Waals surface area contributed by atoms with Gasteiger partial charge >= 0.3 is 0 Å². The Morgan fingerprint density at radius 3 is 2.83 bits per heavy atom. The molecule has 30 heavy (non-hydrogen) atoms. The minimum atomic E-state index is 0.0372. The zero-order chi connectivity index (χ0) is 21.7.